The van der Waals surface area contributed by atoms with E-state index in [-0.39, 0.29) is 12.3 Å². The molecule has 0 unspecified atom stereocenters. The number of carboxylic acid groups (broad SMARTS) is 1. The number of aliphatic carboxylic acids is 1. The van der Waals surface area contributed by atoms with Crippen LogP contribution in [0.1, 0.15) is 36.8 Å². The largest absolute Gasteiger partial charge is 0.508 e. The van der Waals surface area contributed by atoms with E-state index in [0.29, 0.717) is 18.7 Å². The van der Waals surface area contributed by atoms with Crippen LogP contribution >= 0.6 is 11.8 Å². The van der Waals surface area contributed by atoms with Crippen molar-refractivity contribution in [1.29, 1.82) is 0 Å². The second kappa shape index (κ2) is 12.4. The maximum Gasteiger partial charge on any atom is 0.327 e. The van der Waals surface area contributed by atoms with Crippen LogP contribution in [0.25, 0.3) is 0 Å². The van der Waals surface area contributed by atoms with Crippen LogP contribution in [-0.2, 0) is 32.3 Å². The van der Waals surface area contributed by atoms with E-state index < -0.39 is 51.9 Å². The van der Waals surface area contributed by atoms with E-state index >= 15 is 0 Å². The van der Waals surface area contributed by atoms with Gasteiger partial charge in [-0.25, -0.2) is 4.79 Å². The molecule has 4 N–H and O–H groups in total. The fourth-order valence-corrected chi connectivity index (χ4v) is 6.99. The van der Waals surface area contributed by atoms with Gasteiger partial charge in [-0.15, -0.1) is 11.8 Å². The summed E-state index contributed by atoms with van der Waals surface area (Å²) in [7, 11) is 0. The second-order valence-corrected chi connectivity index (χ2v) is 12.7. The van der Waals surface area contributed by atoms with Crippen molar-refractivity contribution in [3.8, 4) is 5.75 Å². The molecule has 4 atom stereocenters. The van der Waals surface area contributed by atoms with E-state index in [4.69, 9.17) is 0 Å². The van der Waals surface area contributed by atoms with Gasteiger partial charge in [0.05, 0.1) is 17.9 Å². The van der Waals surface area contributed by atoms with Crippen molar-refractivity contribution in [1.82, 2.24) is 30.4 Å². The third kappa shape index (κ3) is 6.62. The van der Waals surface area contributed by atoms with Gasteiger partial charge in [-0.2, -0.15) is 0 Å². The molecule has 0 saturated carbocycles. The number of aromatic nitrogens is 2. The first-order valence-electron chi connectivity index (χ1n) is 13.7. The van der Waals surface area contributed by atoms with Crippen molar-refractivity contribution >= 4 is 35.5 Å². The van der Waals surface area contributed by atoms with Gasteiger partial charge in [-0.1, -0.05) is 24.3 Å². The summed E-state index contributed by atoms with van der Waals surface area (Å²) in [6, 6.07) is 13.7. The summed E-state index contributed by atoms with van der Waals surface area (Å²) >= 11 is 1.31. The summed E-state index contributed by atoms with van der Waals surface area (Å²) in [5.74, 6) is -2.69. The Bertz CT molecular complexity index is 1450. The lowest BCUT2D eigenvalue weighted by molar-refractivity contribution is -0.161. The molecule has 3 aromatic rings. The van der Waals surface area contributed by atoms with E-state index in [1.165, 1.54) is 40.9 Å². The Kier molecular flexibility index (Phi) is 8.64. The average Bonchev–Trinajstić information content (AvgIpc) is 3.24. The van der Waals surface area contributed by atoms with Gasteiger partial charge in [0.15, 0.2) is 0 Å². The quantitative estimate of drug-likeness (QED) is 0.237. The van der Waals surface area contributed by atoms with Crippen LogP contribution in [0, 0.1) is 0 Å². The molecule has 0 radical (unpaired) electrons. The summed E-state index contributed by atoms with van der Waals surface area (Å²) in [5, 5.41) is 24.5. The number of aromatic hydroxyl groups is 1. The molecule has 0 bridgehead atoms. The first kappa shape index (κ1) is 30.0. The molecule has 4 heterocycles. The molecular formula is C30H32N6O6S. The van der Waals surface area contributed by atoms with Gasteiger partial charge in [0.25, 0.3) is 0 Å². The van der Waals surface area contributed by atoms with Crippen LogP contribution in [0.2, 0.25) is 0 Å². The highest BCUT2D eigenvalue weighted by Gasteiger charge is 2.64. The average molecular weight is 605 g/mol. The number of hydrogen-bond acceptors (Lipinski definition) is 9. The molecular weight excluding hydrogens is 572 g/mol. The normalized spacial score (nSPS) is 21.0. The van der Waals surface area contributed by atoms with Gasteiger partial charge >= 0.3 is 5.97 Å². The zero-order valence-corrected chi connectivity index (χ0v) is 24.4. The zero-order valence-electron chi connectivity index (χ0n) is 23.6. The number of amides is 3. The van der Waals surface area contributed by atoms with Crippen LogP contribution in [0.3, 0.4) is 0 Å². The lowest BCUT2D eigenvalue weighted by Crippen LogP contribution is -2.71. The molecule has 5 rings (SSSR count). The summed E-state index contributed by atoms with van der Waals surface area (Å²) in [6.45, 7) is 4.13. The maximum absolute atomic E-state index is 13.6. The number of β-lactam (4-membered cyclic amide) rings is 1. The Balaban J connectivity index is 1.32. The maximum atomic E-state index is 13.6. The van der Waals surface area contributed by atoms with Gasteiger partial charge in [-0.05, 0) is 55.8 Å². The lowest BCUT2D eigenvalue weighted by atomic mass is 9.95. The number of carbonyl (C=O) groups is 4. The summed E-state index contributed by atoms with van der Waals surface area (Å²) in [4.78, 5) is 63.8. The smallest absolute Gasteiger partial charge is 0.327 e. The summed E-state index contributed by atoms with van der Waals surface area (Å²) < 4.78 is -0.749. The number of benzene rings is 1. The van der Waals surface area contributed by atoms with Crippen LogP contribution in [0.4, 0.5) is 0 Å². The van der Waals surface area contributed by atoms with Gasteiger partial charge in [-0.3, -0.25) is 29.3 Å². The van der Waals surface area contributed by atoms with Gasteiger partial charge < -0.3 is 25.7 Å². The molecule has 2 aromatic heterocycles. The molecule has 43 heavy (non-hydrogen) atoms. The first-order chi connectivity index (χ1) is 20.5. The van der Waals surface area contributed by atoms with E-state index in [0.717, 1.165) is 11.4 Å². The Labute approximate surface area is 252 Å². The van der Waals surface area contributed by atoms with Crippen molar-refractivity contribution in [3.63, 3.8) is 0 Å². The monoisotopic (exact) mass is 604 g/mol. The minimum absolute atomic E-state index is 0.0137. The molecule has 13 heteroatoms. The van der Waals surface area contributed by atoms with E-state index in [2.05, 4.69) is 20.6 Å². The molecule has 1 aromatic carbocycles. The van der Waals surface area contributed by atoms with Crippen molar-refractivity contribution in [3.05, 3.63) is 90.0 Å². The van der Waals surface area contributed by atoms with Crippen LogP contribution in [0.15, 0.2) is 73.1 Å². The number of phenols is 1. The molecule has 12 nitrogen and oxygen atoms in total. The van der Waals surface area contributed by atoms with Gasteiger partial charge in [0.2, 0.25) is 17.7 Å². The number of carbonyl (C=O) groups excluding carboxylic acids is 3. The number of thioether (sulfide) groups is 1. The highest BCUT2D eigenvalue weighted by molar-refractivity contribution is 8.01. The van der Waals surface area contributed by atoms with Crippen LogP contribution in [-0.4, -0.2) is 82.4 Å². The first-order valence-corrected chi connectivity index (χ1v) is 14.5. The fourth-order valence-electron chi connectivity index (χ4n) is 5.37. The van der Waals surface area contributed by atoms with Gasteiger partial charge in [0, 0.05) is 30.2 Å². The third-order valence-electron chi connectivity index (χ3n) is 7.36. The molecule has 2 saturated heterocycles. The number of nitrogens with one attached hydrogen (secondary N) is 2. The van der Waals surface area contributed by atoms with Crippen molar-refractivity contribution in [2.24, 2.45) is 0 Å². The number of carboxylic acids is 1. The third-order valence-corrected chi connectivity index (χ3v) is 8.93. The highest BCUT2D eigenvalue weighted by Crippen LogP contribution is 2.50. The number of rotatable bonds is 11. The van der Waals surface area contributed by atoms with Crippen molar-refractivity contribution < 1.29 is 29.4 Å². The predicted molar refractivity (Wildman–Crippen MR) is 157 cm³/mol. The Morgan fingerprint density at radius 1 is 1.00 bits per heavy atom. The van der Waals surface area contributed by atoms with Crippen molar-refractivity contribution in [2.45, 2.75) is 55.2 Å². The molecule has 2 aliphatic rings. The van der Waals surface area contributed by atoms with E-state index in [9.17, 15) is 29.4 Å². The number of hydrogen-bond donors (Lipinski definition) is 4. The SMILES string of the molecule is CC1(C)S[C@@H]2[C@H](NC(=O)[C@H](NC(=O)CN(Cc3ccccn3)Cc3ccccn3)c3ccc(O)cc3)C(=O)N2[C@H]1C(=O)O. The summed E-state index contributed by atoms with van der Waals surface area (Å²) in [6.07, 6.45) is 3.34. The molecule has 0 aliphatic carbocycles. The molecule has 2 aliphatic heterocycles. The molecule has 224 valence electrons. The van der Waals surface area contributed by atoms with Gasteiger partial charge in [0.1, 0.15) is 29.2 Å². The van der Waals surface area contributed by atoms with E-state index in [1.807, 2.05) is 29.2 Å². The molecule has 0 spiro atoms. The van der Waals surface area contributed by atoms with E-state index in [1.54, 1.807) is 38.4 Å². The van der Waals surface area contributed by atoms with Crippen LogP contribution < -0.4 is 10.6 Å². The second-order valence-electron chi connectivity index (χ2n) is 11.0. The highest BCUT2D eigenvalue weighted by atomic mass is 32.2. The molecule has 3 amide bonds. The summed E-state index contributed by atoms with van der Waals surface area (Å²) in [5.41, 5.74) is 1.91. The fraction of sp³-hybridized carbons (Fsp3) is 0.333. The Hall–Kier alpha value is -4.49. The minimum atomic E-state index is -1.18. The number of pyridine rings is 2. The van der Waals surface area contributed by atoms with Crippen LogP contribution in [0.5, 0.6) is 5.75 Å². The number of nitrogens with zero attached hydrogens (tertiary/aromatic N) is 4. The predicted octanol–water partition coefficient (Wildman–Crippen LogP) is 1.67. The Morgan fingerprint density at radius 2 is 1.60 bits per heavy atom. The van der Waals surface area contributed by atoms with Crippen molar-refractivity contribution in [2.75, 3.05) is 6.54 Å². The zero-order chi connectivity index (χ0) is 30.7. The molecule has 2 fully saturated rings. The number of phenolic OH excluding ortho intramolecular Hbond substituents is 1. The number of fused-ring (bicyclic) bond motifs is 1. The Morgan fingerprint density at radius 3 is 2.14 bits per heavy atom. The standard InChI is InChI=1S/C30H32N6O6S/c1-30(2)25(29(41)42)36-27(40)24(28(36)43-30)34-26(39)23(18-9-11-21(37)12-10-18)33-22(38)17-35(15-19-7-3-5-13-31-19)16-20-8-4-6-14-32-20/h3-14,23-25,28,37H,15-17H2,1-2H3,(H,33,38)(H,34,39)(H,41,42)/t23-,24-,25+,28-/m1/s1. The topological polar surface area (TPSA) is 165 Å². The minimum Gasteiger partial charge on any atom is -0.508 e. The lowest BCUT2D eigenvalue weighted by Gasteiger charge is -2.44.